The molecule has 0 atom stereocenters. The number of halogens is 1. The summed E-state index contributed by atoms with van der Waals surface area (Å²) in [4.78, 5) is 4.70. The van der Waals surface area contributed by atoms with E-state index in [1.165, 1.54) is 16.6 Å². The van der Waals surface area contributed by atoms with Crippen LogP contribution in [-0.2, 0) is 6.54 Å². The molecule has 1 aromatic heterocycles. The van der Waals surface area contributed by atoms with Gasteiger partial charge in [0.05, 0.1) is 32.5 Å². The van der Waals surface area contributed by atoms with Gasteiger partial charge in [-0.15, -0.1) is 0 Å². The second kappa shape index (κ2) is 5.10. The number of nitrogens with zero attached hydrogens (tertiary/aromatic N) is 2. The maximum absolute atomic E-state index is 8.60. The van der Waals surface area contributed by atoms with Crippen molar-refractivity contribution in [1.29, 1.82) is 0 Å². The predicted molar refractivity (Wildman–Crippen MR) is 66.5 cm³/mol. The van der Waals surface area contributed by atoms with Gasteiger partial charge in [0.1, 0.15) is 5.82 Å². The standard InChI is InChI=1S/C14H10N2.ClHO4/c1-2-6-11-10(5-1)9-16-13-8-4-3-7-12(13)15-14(11)16;2-1(3,4)5/h1-8H,9H2;(H,2,3,4,5). The summed E-state index contributed by atoms with van der Waals surface area (Å²) in [6, 6.07) is 16.8. The summed E-state index contributed by atoms with van der Waals surface area (Å²) < 4.78 is 35.0. The van der Waals surface area contributed by atoms with Crippen LogP contribution in [0.5, 0.6) is 0 Å². The van der Waals surface area contributed by atoms with Crippen LogP contribution in [0.4, 0.5) is 0 Å². The van der Waals surface area contributed by atoms with E-state index in [4.69, 9.17) is 23.6 Å². The van der Waals surface area contributed by atoms with Crippen molar-refractivity contribution < 1.29 is 28.9 Å². The molecule has 1 aliphatic rings. The Morgan fingerprint density at radius 2 is 1.62 bits per heavy atom. The van der Waals surface area contributed by atoms with Crippen molar-refractivity contribution in [3.63, 3.8) is 0 Å². The highest BCUT2D eigenvalue weighted by Gasteiger charge is 2.21. The molecule has 4 rings (SSSR count). The third kappa shape index (κ3) is 2.90. The van der Waals surface area contributed by atoms with Gasteiger partial charge in [0.15, 0.2) is 0 Å². The van der Waals surface area contributed by atoms with Gasteiger partial charge in [0.25, 0.3) is 0 Å². The molecule has 3 aromatic rings. The molecule has 0 spiro atoms. The first-order valence-corrected chi connectivity index (χ1v) is 7.36. The summed E-state index contributed by atoms with van der Waals surface area (Å²) in [5, 5.41) is 0. The highest BCUT2D eigenvalue weighted by molar-refractivity contribution is 5.83. The van der Waals surface area contributed by atoms with E-state index in [0.717, 1.165) is 17.9 Å². The molecular formula is C14H11ClN2O4. The van der Waals surface area contributed by atoms with Crippen molar-refractivity contribution in [1.82, 2.24) is 9.55 Å². The van der Waals surface area contributed by atoms with Gasteiger partial charge in [-0.2, -0.15) is 14.0 Å². The van der Waals surface area contributed by atoms with Gasteiger partial charge in [-0.1, -0.05) is 36.4 Å². The van der Waals surface area contributed by atoms with Gasteiger partial charge in [-0.05, 0) is 17.7 Å². The van der Waals surface area contributed by atoms with Crippen LogP contribution in [0.1, 0.15) is 5.56 Å². The molecule has 1 N–H and O–H groups in total. The minimum atomic E-state index is -4.69. The van der Waals surface area contributed by atoms with Crippen molar-refractivity contribution in [3.8, 4) is 11.4 Å². The number of rotatable bonds is 0. The quantitative estimate of drug-likeness (QED) is 0.445. The predicted octanol–water partition coefficient (Wildman–Crippen LogP) is -1.06. The van der Waals surface area contributed by atoms with Gasteiger partial charge in [0, 0.05) is 5.56 Å². The molecule has 2 aromatic carbocycles. The summed E-state index contributed by atoms with van der Waals surface area (Å²) in [6.45, 7) is 0.950. The number of para-hydroxylation sites is 2. The first-order valence-electron chi connectivity index (χ1n) is 6.10. The molecule has 0 unspecified atom stereocenters. The van der Waals surface area contributed by atoms with E-state index in [0.29, 0.717) is 0 Å². The molecule has 0 saturated heterocycles. The van der Waals surface area contributed by atoms with Crippen molar-refractivity contribution in [2.24, 2.45) is 0 Å². The number of hydrogen-bond acceptors (Lipinski definition) is 5. The van der Waals surface area contributed by atoms with Crippen molar-refractivity contribution in [2.75, 3.05) is 0 Å². The normalized spacial score (nSPS) is 12.6. The van der Waals surface area contributed by atoms with Crippen LogP contribution in [0.25, 0.3) is 22.4 Å². The Hall–Kier alpha value is -1.96. The summed E-state index contributed by atoms with van der Waals surface area (Å²) in [6.07, 6.45) is 0. The Labute approximate surface area is 122 Å². The fourth-order valence-electron chi connectivity index (χ4n) is 2.49. The third-order valence-electron chi connectivity index (χ3n) is 3.24. The van der Waals surface area contributed by atoms with E-state index < -0.39 is 10.2 Å². The molecule has 0 radical (unpaired) electrons. The summed E-state index contributed by atoms with van der Waals surface area (Å²) >= 11 is 0. The lowest BCUT2D eigenvalue weighted by molar-refractivity contribution is -1.92. The van der Waals surface area contributed by atoms with Gasteiger partial charge in [-0.3, -0.25) is 0 Å². The van der Waals surface area contributed by atoms with E-state index >= 15 is 0 Å². The number of fused-ring (bicyclic) bond motifs is 5. The number of hydrogen-bond donors (Lipinski definition) is 1. The molecule has 1 aliphatic heterocycles. The van der Waals surface area contributed by atoms with Crippen molar-refractivity contribution in [3.05, 3.63) is 54.1 Å². The van der Waals surface area contributed by atoms with Crippen LogP contribution < -0.4 is 14.0 Å². The largest absolute Gasteiger partial charge is 0.319 e. The van der Waals surface area contributed by atoms with Crippen LogP contribution in [0, 0.1) is 10.2 Å². The molecular weight excluding hydrogens is 296 g/mol. The van der Waals surface area contributed by atoms with E-state index in [2.05, 4.69) is 47.0 Å². The smallest absolute Gasteiger partial charge is 0.141 e. The van der Waals surface area contributed by atoms with Crippen LogP contribution in [0.15, 0.2) is 48.5 Å². The van der Waals surface area contributed by atoms with Crippen LogP contribution in [-0.4, -0.2) is 14.2 Å². The fraction of sp³-hybridized carbons (Fsp3) is 0.0714. The second-order valence-corrected chi connectivity index (χ2v) is 5.36. The molecule has 108 valence electrons. The summed E-state index contributed by atoms with van der Waals surface area (Å²) in [5.74, 6) is 1.11. The molecule has 0 aliphatic carbocycles. The van der Waals surface area contributed by atoms with Gasteiger partial charge >= 0.3 is 0 Å². The Bertz CT molecular complexity index is 789. The molecule has 21 heavy (non-hydrogen) atoms. The number of aromatic nitrogens is 2. The maximum Gasteiger partial charge on any atom is 0.141 e. The van der Waals surface area contributed by atoms with Crippen LogP contribution in [0.2, 0.25) is 0 Å². The lowest BCUT2D eigenvalue weighted by atomic mass is 10.1. The van der Waals surface area contributed by atoms with Crippen molar-refractivity contribution in [2.45, 2.75) is 6.54 Å². The van der Waals surface area contributed by atoms with Gasteiger partial charge in [-0.25, -0.2) is 4.98 Å². The third-order valence-corrected chi connectivity index (χ3v) is 3.24. The van der Waals surface area contributed by atoms with E-state index in [-0.39, 0.29) is 0 Å². The van der Waals surface area contributed by atoms with Crippen LogP contribution in [0.3, 0.4) is 0 Å². The minimum Gasteiger partial charge on any atom is -0.319 e. The Morgan fingerprint density at radius 3 is 2.38 bits per heavy atom. The monoisotopic (exact) mass is 306 g/mol. The van der Waals surface area contributed by atoms with Crippen molar-refractivity contribution >= 4 is 11.0 Å². The average molecular weight is 307 g/mol. The average Bonchev–Trinajstić information content (AvgIpc) is 2.93. The zero-order valence-electron chi connectivity index (χ0n) is 10.8. The van der Waals surface area contributed by atoms with E-state index in [1.54, 1.807) is 0 Å². The first-order chi connectivity index (χ1) is 9.93. The fourth-order valence-corrected chi connectivity index (χ4v) is 2.49. The lowest BCUT2D eigenvalue weighted by Gasteiger charge is -2.03. The van der Waals surface area contributed by atoms with Gasteiger partial charge < -0.3 is 4.57 Å². The Morgan fingerprint density at radius 1 is 1.00 bits per heavy atom. The second-order valence-electron chi connectivity index (χ2n) is 4.56. The molecule has 0 bridgehead atoms. The van der Waals surface area contributed by atoms with Gasteiger partial charge in [0.2, 0.25) is 0 Å². The zero-order chi connectivity index (χ0) is 15.0. The lowest BCUT2D eigenvalue weighted by Crippen LogP contribution is -2.58. The minimum absolute atomic E-state index is 0.950. The highest BCUT2D eigenvalue weighted by Crippen LogP contribution is 2.33. The van der Waals surface area contributed by atoms with E-state index in [9.17, 15) is 0 Å². The molecule has 7 heteroatoms. The molecule has 0 amide bonds. The Balaban J connectivity index is 0.000000233. The van der Waals surface area contributed by atoms with E-state index in [1.807, 2.05) is 6.07 Å². The topological polar surface area (TPSA) is 107 Å². The number of benzene rings is 2. The Kier molecular flexibility index (Phi) is 3.40. The number of imidazole rings is 1. The molecule has 0 saturated carbocycles. The SMILES string of the molecule is [O-][Cl+3]([O-])([O-])O.c1ccc2c(c1)Cn1c-2nc2ccccc21. The highest BCUT2D eigenvalue weighted by atomic mass is 35.7. The molecule has 0 fully saturated rings. The molecule has 2 heterocycles. The van der Waals surface area contributed by atoms with Crippen LogP contribution >= 0.6 is 0 Å². The first kappa shape index (κ1) is 14.0. The zero-order valence-corrected chi connectivity index (χ0v) is 11.5. The maximum atomic E-state index is 8.60. The summed E-state index contributed by atoms with van der Waals surface area (Å²) in [7, 11) is -4.69. The molecule has 6 nitrogen and oxygen atoms in total. The summed E-state index contributed by atoms with van der Waals surface area (Å²) in [5.41, 5.74) is 4.97.